The van der Waals surface area contributed by atoms with Crippen molar-refractivity contribution in [3.8, 4) is 5.75 Å². The fourth-order valence-electron chi connectivity index (χ4n) is 3.23. The van der Waals surface area contributed by atoms with Crippen LogP contribution in [0, 0.1) is 0 Å². The van der Waals surface area contributed by atoms with Gasteiger partial charge in [-0.05, 0) is 50.2 Å². The summed E-state index contributed by atoms with van der Waals surface area (Å²) in [6, 6.07) is 7.78. The summed E-state index contributed by atoms with van der Waals surface area (Å²) in [7, 11) is 1.64. The van der Waals surface area contributed by atoms with Crippen LogP contribution in [0.3, 0.4) is 0 Å². The van der Waals surface area contributed by atoms with Crippen molar-refractivity contribution in [2.45, 2.75) is 45.4 Å². The van der Waals surface area contributed by atoms with E-state index in [1.165, 1.54) is 25.3 Å². The third-order valence-electron chi connectivity index (χ3n) is 4.78. The number of carbonyl (C=O) groups is 2. The number of methoxy groups -OCH3 is 1. The van der Waals surface area contributed by atoms with Crippen molar-refractivity contribution in [3.05, 3.63) is 41.5 Å². The van der Waals surface area contributed by atoms with E-state index in [2.05, 4.69) is 11.4 Å². The highest BCUT2D eigenvalue weighted by molar-refractivity contribution is 5.83. The molecule has 0 aliphatic heterocycles. The summed E-state index contributed by atoms with van der Waals surface area (Å²) < 4.78 is 5.32. The van der Waals surface area contributed by atoms with Crippen LogP contribution < -0.4 is 10.1 Å². The highest BCUT2D eigenvalue weighted by atomic mass is 16.5. The molecule has 0 aromatic heterocycles. The van der Waals surface area contributed by atoms with Gasteiger partial charge >= 0.3 is 0 Å². The van der Waals surface area contributed by atoms with Crippen LogP contribution >= 0.6 is 0 Å². The number of hydrogen-bond donors (Lipinski definition) is 1. The van der Waals surface area contributed by atoms with E-state index in [1.807, 2.05) is 24.3 Å². The summed E-state index contributed by atoms with van der Waals surface area (Å²) in [4.78, 5) is 25.7. The minimum Gasteiger partial charge on any atom is -0.496 e. The van der Waals surface area contributed by atoms with Crippen LogP contribution in [-0.2, 0) is 16.0 Å². The van der Waals surface area contributed by atoms with Gasteiger partial charge in [-0.15, -0.1) is 0 Å². The highest BCUT2D eigenvalue weighted by Crippen LogP contribution is 2.20. The van der Waals surface area contributed by atoms with Gasteiger partial charge in [0.05, 0.1) is 13.7 Å². The van der Waals surface area contributed by atoms with Crippen molar-refractivity contribution >= 4 is 11.8 Å². The van der Waals surface area contributed by atoms with Gasteiger partial charge in [0.1, 0.15) is 5.75 Å². The van der Waals surface area contributed by atoms with Crippen LogP contribution in [0.5, 0.6) is 5.75 Å². The molecule has 0 bridgehead atoms. The van der Waals surface area contributed by atoms with E-state index < -0.39 is 0 Å². The van der Waals surface area contributed by atoms with Crippen molar-refractivity contribution in [2.75, 3.05) is 26.7 Å². The van der Waals surface area contributed by atoms with Gasteiger partial charge in [0.2, 0.25) is 11.8 Å². The summed E-state index contributed by atoms with van der Waals surface area (Å²) in [5.41, 5.74) is 2.47. The Bertz CT molecular complexity index is 640. The number of carbonyl (C=O) groups excluding carboxylic acids is 2. The molecule has 5 nitrogen and oxygen atoms in total. The SMILES string of the molecule is COc1ccccc1CCNC(=O)CN(CCC1=CCCCC1)C(C)=O. The van der Waals surface area contributed by atoms with E-state index >= 15 is 0 Å². The number of benzene rings is 1. The molecule has 2 rings (SSSR count). The average molecular weight is 358 g/mol. The zero-order valence-electron chi connectivity index (χ0n) is 15.9. The van der Waals surface area contributed by atoms with Crippen LogP contribution in [0.1, 0.15) is 44.6 Å². The molecule has 0 saturated heterocycles. The molecule has 2 amide bonds. The van der Waals surface area contributed by atoms with Crippen molar-refractivity contribution in [3.63, 3.8) is 0 Å². The highest BCUT2D eigenvalue weighted by Gasteiger charge is 2.14. The second-order valence-electron chi connectivity index (χ2n) is 6.71. The maximum atomic E-state index is 12.2. The molecular weight excluding hydrogens is 328 g/mol. The average Bonchev–Trinajstić information content (AvgIpc) is 2.66. The molecule has 0 fully saturated rings. The quantitative estimate of drug-likeness (QED) is 0.690. The molecule has 0 heterocycles. The van der Waals surface area contributed by atoms with Crippen LogP contribution in [0.4, 0.5) is 0 Å². The van der Waals surface area contributed by atoms with E-state index in [-0.39, 0.29) is 18.4 Å². The molecular formula is C21H30N2O3. The first kappa shape index (κ1) is 20.0. The van der Waals surface area contributed by atoms with E-state index in [0.717, 1.165) is 30.6 Å². The lowest BCUT2D eigenvalue weighted by Gasteiger charge is -2.22. The largest absolute Gasteiger partial charge is 0.496 e. The third-order valence-corrected chi connectivity index (χ3v) is 4.78. The Balaban J connectivity index is 1.76. The van der Waals surface area contributed by atoms with Crippen molar-refractivity contribution in [2.24, 2.45) is 0 Å². The Morgan fingerprint density at radius 3 is 2.69 bits per heavy atom. The predicted molar refractivity (Wildman–Crippen MR) is 103 cm³/mol. The Morgan fingerprint density at radius 2 is 2.00 bits per heavy atom. The van der Waals surface area contributed by atoms with E-state index in [4.69, 9.17) is 4.74 Å². The van der Waals surface area contributed by atoms with Crippen LogP contribution in [0.15, 0.2) is 35.9 Å². The first-order valence-electron chi connectivity index (χ1n) is 9.42. The lowest BCUT2D eigenvalue weighted by Crippen LogP contribution is -2.40. The Hall–Kier alpha value is -2.30. The molecule has 5 heteroatoms. The van der Waals surface area contributed by atoms with Gasteiger partial charge in [-0.2, -0.15) is 0 Å². The molecule has 26 heavy (non-hydrogen) atoms. The number of hydrogen-bond acceptors (Lipinski definition) is 3. The van der Waals surface area contributed by atoms with Crippen LogP contribution in [0.2, 0.25) is 0 Å². The minimum absolute atomic E-state index is 0.0544. The molecule has 1 N–H and O–H groups in total. The maximum Gasteiger partial charge on any atom is 0.239 e. The molecule has 0 radical (unpaired) electrons. The summed E-state index contributed by atoms with van der Waals surface area (Å²) in [5, 5.41) is 2.90. The van der Waals surface area contributed by atoms with Crippen molar-refractivity contribution < 1.29 is 14.3 Å². The predicted octanol–water partition coefficient (Wildman–Crippen LogP) is 3.09. The monoisotopic (exact) mass is 358 g/mol. The first-order valence-corrected chi connectivity index (χ1v) is 9.42. The van der Waals surface area contributed by atoms with Gasteiger partial charge in [-0.3, -0.25) is 9.59 Å². The Kier molecular flexibility index (Phi) is 8.19. The minimum atomic E-state index is -0.118. The summed E-state index contributed by atoms with van der Waals surface area (Å²) >= 11 is 0. The van der Waals surface area contributed by atoms with Gasteiger partial charge in [-0.1, -0.05) is 29.8 Å². The topological polar surface area (TPSA) is 58.6 Å². The van der Waals surface area contributed by atoms with Crippen LogP contribution in [0.25, 0.3) is 0 Å². The molecule has 0 saturated carbocycles. The van der Waals surface area contributed by atoms with Gasteiger partial charge in [0.25, 0.3) is 0 Å². The second kappa shape index (κ2) is 10.6. The molecule has 142 valence electrons. The summed E-state index contributed by atoms with van der Waals surface area (Å²) in [6.45, 7) is 2.78. The Morgan fingerprint density at radius 1 is 1.19 bits per heavy atom. The number of amides is 2. The molecule has 1 aromatic carbocycles. The van der Waals surface area contributed by atoms with Gasteiger partial charge in [0.15, 0.2) is 0 Å². The summed E-state index contributed by atoms with van der Waals surface area (Å²) in [5.74, 6) is 0.655. The molecule has 0 atom stereocenters. The molecule has 1 aliphatic rings. The van der Waals surface area contributed by atoms with Crippen molar-refractivity contribution in [1.82, 2.24) is 10.2 Å². The number of nitrogens with one attached hydrogen (secondary N) is 1. The second-order valence-corrected chi connectivity index (χ2v) is 6.71. The van der Waals surface area contributed by atoms with E-state index in [0.29, 0.717) is 19.5 Å². The standard InChI is InChI=1S/C21H30N2O3/c1-17(24)23(15-13-18-8-4-3-5-9-18)16-21(25)22-14-12-19-10-6-7-11-20(19)26-2/h6-8,10-11H,3-5,9,12-16H2,1-2H3,(H,22,25). The fourth-order valence-corrected chi connectivity index (χ4v) is 3.23. The smallest absolute Gasteiger partial charge is 0.239 e. The number of rotatable bonds is 9. The van der Waals surface area contributed by atoms with E-state index in [1.54, 1.807) is 12.0 Å². The first-order chi connectivity index (χ1) is 12.6. The molecule has 1 aromatic rings. The summed E-state index contributed by atoms with van der Waals surface area (Å²) in [6.07, 6.45) is 8.60. The van der Waals surface area contributed by atoms with Gasteiger partial charge < -0.3 is 15.0 Å². The molecule has 0 spiro atoms. The molecule has 0 unspecified atom stereocenters. The fraction of sp³-hybridized carbons (Fsp3) is 0.524. The Labute approximate surface area is 156 Å². The number of nitrogens with zero attached hydrogens (tertiary/aromatic N) is 1. The molecule has 1 aliphatic carbocycles. The number of para-hydroxylation sites is 1. The number of ether oxygens (including phenoxy) is 1. The maximum absolute atomic E-state index is 12.2. The lowest BCUT2D eigenvalue weighted by atomic mass is 9.97. The van der Waals surface area contributed by atoms with Gasteiger partial charge in [-0.25, -0.2) is 0 Å². The normalized spacial score (nSPS) is 13.7. The van der Waals surface area contributed by atoms with E-state index in [9.17, 15) is 9.59 Å². The van der Waals surface area contributed by atoms with Gasteiger partial charge in [0, 0.05) is 20.0 Å². The lowest BCUT2D eigenvalue weighted by molar-refractivity contribution is -0.134. The zero-order valence-corrected chi connectivity index (χ0v) is 15.9. The van der Waals surface area contributed by atoms with Crippen molar-refractivity contribution in [1.29, 1.82) is 0 Å². The van der Waals surface area contributed by atoms with Crippen LogP contribution in [-0.4, -0.2) is 43.5 Å². The zero-order chi connectivity index (χ0) is 18.8. The third kappa shape index (κ3) is 6.54. The number of allylic oxidation sites excluding steroid dienone is 1.